The van der Waals surface area contributed by atoms with Gasteiger partial charge in [-0.2, -0.15) is 0 Å². The van der Waals surface area contributed by atoms with Crippen molar-refractivity contribution in [2.45, 2.75) is 25.2 Å². The molecule has 0 radical (unpaired) electrons. The van der Waals surface area contributed by atoms with Gasteiger partial charge in [0.2, 0.25) is 0 Å². The summed E-state index contributed by atoms with van der Waals surface area (Å²) < 4.78 is 0. The Morgan fingerprint density at radius 1 is 1.38 bits per heavy atom. The maximum atomic E-state index is 9.92. The van der Waals surface area contributed by atoms with Crippen LogP contribution in [0.15, 0.2) is 24.3 Å². The van der Waals surface area contributed by atoms with Gasteiger partial charge in [0, 0.05) is 11.9 Å². The Morgan fingerprint density at radius 2 is 2.12 bits per heavy atom. The van der Waals surface area contributed by atoms with E-state index in [0.717, 1.165) is 17.7 Å². The molecule has 0 saturated heterocycles. The molecule has 0 aromatic heterocycles. The summed E-state index contributed by atoms with van der Waals surface area (Å²) in [5.41, 5.74) is 1.87. The smallest absolute Gasteiger partial charge is 0.105 e. The first kappa shape index (κ1) is 13.6. The summed E-state index contributed by atoms with van der Waals surface area (Å²) in [6.07, 6.45) is -0.990. The molecule has 0 aliphatic rings. The van der Waals surface area contributed by atoms with E-state index in [2.05, 4.69) is 21.2 Å². The van der Waals surface area contributed by atoms with Crippen LogP contribution in [0.3, 0.4) is 0 Å². The number of rotatable bonds is 6. The Balaban J connectivity index is 2.74. The number of halogens is 1. The van der Waals surface area contributed by atoms with Gasteiger partial charge in [-0.25, -0.2) is 0 Å². The number of alkyl halides is 1. The van der Waals surface area contributed by atoms with E-state index in [9.17, 15) is 10.2 Å². The molecule has 4 heteroatoms. The summed E-state index contributed by atoms with van der Waals surface area (Å²) >= 11 is 3.25. The molecule has 0 saturated carbocycles. The highest BCUT2D eigenvalue weighted by Crippen LogP contribution is 2.20. The molecule has 0 fully saturated rings. The first-order chi connectivity index (χ1) is 7.69. The van der Waals surface area contributed by atoms with Gasteiger partial charge in [0.25, 0.3) is 0 Å². The summed E-state index contributed by atoms with van der Waals surface area (Å²) in [5, 5.41) is 23.4. The number of hydrogen-bond donors (Lipinski definition) is 3. The molecule has 0 bridgehead atoms. The predicted molar refractivity (Wildman–Crippen MR) is 68.6 cm³/mol. The second-order valence-electron chi connectivity index (χ2n) is 3.77. The van der Waals surface area contributed by atoms with Gasteiger partial charge in [-0.15, -0.1) is 0 Å². The highest BCUT2D eigenvalue weighted by molar-refractivity contribution is 9.09. The highest BCUT2D eigenvalue weighted by atomic mass is 79.9. The summed E-state index contributed by atoms with van der Waals surface area (Å²) in [6.45, 7) is 0.759. The third kappa shape index (κ3) is 3.87. The molecule has 1 aromatic carbocycles. The molecule has 90 valence electrons. The topological polar surface area (TPSA) is 52.5 Å². The van der Waals surface area contributed by atoms with Gasteiger partial charge in [0.15, 0.2) is 0 Å². The van der Waals surface area contributed by atoms with Gasteiger partial charge in [-0.1, -0.05) is 40.2 Å². The van der Waals surface area contributed by atoms with E-state index in [1.807, 2.05) is 31.3 Å². The van der Waals surface area contributed by atoms with Gasteiger partial charge < -0.3 is 15.5 Å². The summed E-state index contributed by atoms with van der Waals surface area (Å²) in [6, 6.07) is 7.63. The second-order valence-corrected chi connectivity index (χ2v) is 4.56. The lowest BCUT2D eigenvalue weighted by Gasteiger charge is -2.17. The van der Waals surface area contributed by atoms with Crippen LogP contribution in [0.4, 0.5) is 0 Å². The van der Waals surface area contributed by atoms with Crippen molar-refractivity contribution in [2.75, 3.05) is 12.4 Å². The molecule has 16 heavy (non-hydrogen) atoms. The van der Waals surface area contributed by atoms with Crippen LogP contribution in [-0.4, -0.2) is 28.7 Å². The molecule has 0 aliphatic carbocycles. The molecule has 3 nitrogen and oxygen atoms in total. The van der Waals surface area contributed by atoms with E-state index in [-0.39, 0.29) is 0 Å². The molecular weight excluding hydrogens is 270 g/mol. The van der Waals surface area contributed by atoms with Crippen LogP contribution in [0.2, 0.25) is 0 Å². The van der Waals surface area contributed by atoms with Gasteiger partial charge in [0.05, 0.1) is 6.10 Å². The predicted octanol–water partition coefficient (Wildman–Crippen LogP) is 1.59. The van der Waals surface area contributed by atoms with Gasteiger partial charge >= 0.3 is 0 Å². The first-order valence-corrected chi connectivity index (χ1v) is 6.46. The quantitative estimate of drug-likeness (QED) is 0.697. The van der Waals surface area contributed by atoms with Crippen LogP contribution in [0, 0.1) is 0 Å². The summed E-state index contributed by atoms with van der Waals surface area (Å²) in [5.74, 6) is 0. The van der Waals surface area contributed by atoms with E-state index in [0.29, 0.717) is 11.8 Å². The molecule has 1 aromatic rings. The maximum Gasteiger partial charge on any atom is 0.105 e. The number of hydrogen-bond acceptors (Lipinski definition) is 3. The summed E-state index contributed by atoms with van der Waals surface area (Å²) in [4.78, 5) is 0. The van der Waals surface area contributed by atoms with Crippen molar-refractivity contribution in [1.82, 2.24) is 5.32 Å². The van der Waals surface area contributed by atoms with Crippen molar-refractivity contribution in [2.24, 2.45) is 0 Å². The van der Waals surface area contributed by atoms with Gasteiger partial charge in [0.1, 0.15) is 6.10 Å². The van der Waals surface area contributed by atoms with Crippen LogP contribution < -0.4 is 5.32 Å². The molecule has 3 N–H and O–H groups in total. The Kier molecular flexibility index (Phi) is 5.98. The largest absolute Gasteiger partial charge is 0.390 e. The minimum Gasteiger partial charge on any atom is -0.390 e. The lowest BCUT2D eigenvalue weighted by molar-refractivity contribution is 0.0173. The maximum absolute atomic E-state index is 9.92. The second kappa shape index (κ2) is 7.01. The third-order valence-corrected chi connectivity index (χ3v) is 2.90. The first-order valence-electron chi connectivity index (χ1n) is 5.34. The molecule has 2 atom stereocenters. The van der Waals surface area contributed by atoms with Crippen molar-refractivity contribution in [1.29, 1.82) is 0 Å². The number of aliphatic hydroxyl groups excluding tert-OH is 2. The Bertz CT molecular complexity index is 320. The van der Waals surface area contributed by atoms with Gasteiger partial charge in [-0.05, 0) is 24.6 Å². The van der Waals surface area contributed by atoms with E-state index in [1.54, 1.807) is 0 Å². The van der Waals surface area contributed by atoms with E-state index in [1.165, 1.54) is 0 Å². The molecule has 1 rings (SSSR count). The van der Waals surface area contributed by atoms with Crippen LogP contribution in [0.1, 0.15) is 23.7 Å². The van der Waals surface area contributed by atoms with Gasteiger partial charge in [-0.3, -0.25) is 0 Å². The Morgan fingerprint density at radius 3 is 2.75 bits per heavy atom. The van der Waals surface area contributed by atoms with Crippen LogP contribution in [0.5, 0.6) is 0 Å². The molecule has 2 unspecified atom stereocenters. The zero-order chi connectivity index (χ0) is 12.0. The van der Waals surface area contributed by atoms with Crippen LogP contribution in [0.25, 0.3) is 0 Å². The van der Waals surface area contributed by atoms with Crippen molar-refractivity contribution >= 4 is 15.9 Å². The third-order valence-electron chi connectivity index (χ3n) is 2.44. The minimum absolute atomic E-state index is 0.539. The van der Waals surface area contributed by atoms with E-state index in [4.69, 9.17) is 0 Å². The molecular formula is C12H18BrNO2. The molecule has 0 amide bonds. The normalized spacial score (nSPS) is 14.8. The SMILES string of the molecule is CNCc1cccc(C(O)C(O)CCBr)c1. The fourth-order valence-electron chi connectivity index (χ4n) is 1.58. The van der Waals surface area contributed by atoms with E-state index >= 15 is 0 Å². The average Bonchev–Trinajstić information content (AvgIpc) is 2.29. The van der Waals surface area contributed by atoms with Crippen molar-refractivity contribution in [3.8, 4) is 0 Å². The van der Waals surface area contributed by atoms with E-state index < -0.39 is 12.2 Å². The minimum atomic E-state index is -0.811. The average molecular weight is 288 g/mol. The lowest BCUT2D eigenvalue weighted by Crippen LogP contribution is -2.19. The zero-order valence-corrected chi connectivity index (χ0v) is 10.9. The molecule has 0 aliphatic heterocycles. The number of benzene rings is 1. The van der Waals surface area contributed by atoms with Crippen LogP contribution >= 0.6 is 15.9 Å². The van der Waals surface area contributed by atoms with Crippen LogP contribution in [-0.2, 0) is 6.54 Å². The number of aliphatic hydroxyl groups is 2. The standard InChI is InChI=1S/C12H18BrNO2/c1-14-8-9-3-2-4-10(7-9)12(16)11(15)5-6-13/h2-4,7,11-12,14-16H,5-6,8H2,1H3. The highest BCUT2D eigenvalue weighted by Gasteiger charge is 2.17. The number of nitrogens with one attached hydrogen (secondary N) is 1. The Labute approximate surface area is 105 Å². The lowest BCUT2D eigenvalue weighted by atomic mass is 10.0. The summed E-state index contributed by atoms with van der Waals surface area (Å²) in [7, 11) is 1.88. The van der Waals surface area contributed by atoms with Crippen molar-refractivity contribution < 1.29 is 10.2 Å². The molecule has 0 spiro atoms. The fraction of sp³-hybridized carbons (Fsp3) is 0.500. The molecule has 0 heterocycles. The Hall–Kier alpha value is -0.420. The monoisotopic (exact) mass is 287 g/mol. The van der Waals surface area contributed by atoms with Crippen molar-refractivity contribution in [3.05, 3.63) is 35.4 Å². The fourth-order valence-corrected chi connectivity index (χ4v) is 2.05. The zero-order valence-electron chi connectivity index (χ0n) is 9.36. The van der Waals surface area contributed by atoms with Crippen molar-refractivity contribution in [3.63, 3.8) is 0 Å².